The molecule has 26 heavy (non-hydrogen) atoms. The van der Waals surface area contributed by atoms with Gasteiger partial charge in [0.15, 0.2) is 17.1 Å². The molecule has 138 valence electrons. The Bertz CT molecular complexity index is 929. The Morgan fingerprint density at radius 1 is 1.27 bits per heavy atom. The monoisotopic (exact) mass is 357 g/mol. The molecule has 1 aromatic heterocycles. The van der Waals surface area contributed by atoms with E-state index in [9.17, 15) is 9.90 Å². The van der Waals surface area contributed by atoms with Gasteiger partial charge in [0.1, 0.15) is 0 Å². The third-order valence-corrected chi connectivity index (χ3v) is 5.21. The molecule has 1 fully saturated rings. The minimum absolute atomic E-state index is 0.0565. The maximum atomic E-state index is 12.5. The van der Waals surface area contributed by atoms with E-state index in [2.05, 4.69) is 10.0 Å². The van der Waals surface area contributed by atoms with Gasteiger partial charge < -0.3 is 19.2 Å². The van der Waals surface area contributed by atoms with Gasteiger partial charge in [0, 0.05) is 31.6 Å². The van der Waals surface area contributed by atoms with Gasteiger partial charge in [-0.05, 0) is 37.9 Å². The van der Waals surface area contributed by atoms with Crippen molar-refractivity contribution in [1.29, 1.82) is 0 Å². The van der Waals surface area contributed by atoms with E-state index in [1.807, 2.05) is 12.1 Å². The summed E-state index contributed by atoms with van der Waals surface area (Å²) in [5.41, 5.74) is 2.08. The highest BCUT2D eigenvalue weighted by Gasteiger charge is 2.24. The number of phenolic OH excluding ortho intramolecular Hbond substituents is 1. The Hall–Kier alpha value is -2.54. The second-order valence-electron chi connectivity index (χ2n) is 6.96. The van der Waals surface area contributed by atoms with Gasteiger partial charge in [0.2, 0.25) is 0 Å². The number of rotatable bonds is 3. The molecule has 0 saturated carbocycles. The van der Waals surface area contributed by atoms with Crippen molar-refractivity contribution in [3.8, 4) is 11.5 Å². The molecule has 1 aromatic carbocycles. The zero-order valence-corrected chi connectivity index (χ0v) is 15.1. The standard InChI is InChI=1S/C19H23N3O4/c1-21-8-5-12-13-9-16(25-2)17(23)14(10-20-22-6-3-4-7-22)18(13)26-19(24)15(12)11-21/h9-10,23H,3-8,11H2,1-2H3/b20-10+. The lowest BCUT2D eigenvalue weighted by molar-refractivity contribution is 0.306. The maximum absolute atomic E-state index is 12.5. The van der Waals surface area contributed by atoms with Crippen LogP contribution in [0.15, 0.2) is 20.4 Å². The maximum Gasteiger partial charge on any atom is 0.341 e. The molecule has 0 atom stereocenters. The van der Waals surface area contributed by atoms with Gasteiger partial charge in [-0.2, -0.15) is 5.10 Å². The third kappa shape index (κ3) is 2.82. The summed E-state index contributed by atoms with van der Waals surface area (Å²) in [6, 6.07) is 1.75. The first-order valence-electron chi connectivity index (χ1n) is 8.94. The van der Waals surface area contributed by atoms with E-state index in [0.717, 1.165) is 49.8 Å². The smallest absolute Gasteiger partial charge is 0.341 e. The highest BCUT2D eigenvalue weighted by atomic mass is 16.5. The van der Waals surface area contributed by atoms with Crippen LogP contribution in [-0.4, -0.2) is 55.0 Å². The van der Waals surface area contributed by atoms with Crippen molar-refractivity contribution < 1.29 is 14.3 Å². The van der Waals surface area contributed by atoms with Gasteiger partial charge in [-0.25, -0.2) is 4.79 Å². The summed E-state index contributed by atoms with van der Waals surface area (Å²) < 4.78 is 11.0. The SMILES string of the molecule is COc1cc2c3c(c(=O)oc2c(/C=N/N2CCCC2)c1O)CN(C)CC3. The van der Waals surface area contributed by atoms with Crippen molar-refractivity contribution in [2.75, 3.05) is 33.8 Å². The van der Waals surface area contributed by atoms with Crippen LogP contribution in [0.1, 0.15) is 29.5 Å². The van der Waals surface area contributed by atoms with Crippen molar-refractivity contribution in [2.24, 2.45) is 5.10 Å². The van der Waals surface area contributed by atoms with E-state index in [1.165, 1.54) is 7.11 Å². The van der Waals surface area contributed by atoms with Crippen LogP contribution in [-0.2, 0) is 13.0 Å². The molecule has 7 heteroatoms. The summed E-state index contributed by atoms with van der Waals surface area (Å²) in [4.78, 5) is 14.6. The highest BCUT2D eigenvalue weighted by molar-refractivity contribution is 6.02. The van der Waals surface area contributed by atoms with E-state index >= 15 is 0 Å². The number of likely N-dealkylation sites (N-methyl/N-ethyl adjacent to an activating group) is 1. The molecular weight excluding hydrogens is 334 g/mol. The molecule has 1 saturated heterocycles. The number of methoxy groups -OCH3 is 1. The van der Waals surface area contributed by atoms with Crippen LogP contribution in [0.2, 0.25) is 0 Å². The molecule has 0 unspecified atom stereocenters. The van der Waals surface area contributed by atoms with Gasteiger partial charge in [-0.3, -0.25) is 5.01 Å². The van der Waals surface area contributed by atoms with Crippen LogP contribution >= 0.6 is 0 Å². The second-order valence-corrected chi connectivity index (χ2v) is 6.96. The number of fused-ring (bicyclic) bond motifs is 3. The lowest BCUT2D eigenvalue weighted by atomic mass is 9.96. The summed E-state index contributed by atoms with van der Waals surface area (Å²) in [6.45, 7) is 3.22. The van der Waals surface area contributed by atoms with Gasteiger partial charge in [0.05, 0.1) is 24.5 Å². The lowest BCUT2D eigenvalue weighted by Gasteiger charge is -2.25. The molecule has 0 spiro atoms. The van der Waals surface area contributed by atoms with Crippen molar-refractivity contribution in [3.05, 3.63) is 33.2 Å². The van der Waals surface area contributed by atoms with E-state index < -0.39 is 0 Å². The summed E-state index contributed by atoms with van der Waals surface area (Å²) in [5.74, 6) is 0.300. The molecule has 1 N–H and O–H groups in total. The summed E-state index contributed by atoms with van der Waals surface area (Å²) in [5, 5.41) is 17.8. The van der Waals surface area contributed by atoms with E-state index in [-0.39, 0.29) is 11.4 Å². The third-order valence-electron chi connectivity index (χ3n) is 5.21. The Morgan fingerprint density at radius 2 is 2.04 bits per heavy atom. The summed E-state index contributed by atoms with van der Waals surface area (Å²) in [7, 11) is 3.50. The molecule has 0 bridgehead atoms. The van der Waals surface area contributed by atoms with E-state index in [1.54, 1.807) is 12.3 Å². The highest BCUT2D eigenvalue weighted by Crippen LogP contribution is 2.38. The normalized spacial score (nSPS) is 18.0. The number of hydrogen-bond donors (Lipinski definition) is 1. The first kappa shape index (κ1) is 16.9. The van der Waals surface area contributed by atoms with Gasteiger partial charge >= 0.3 is 5.63 Å². The Labute approximate surface area is 151 Å². The van der Waals surface area contributed by atoms with Crippen LogP contribution in [0.4, 0.5) is 0 Å². The average molecular weight is 357 g/mol. The molecule has 2 aliphatic heterocycles. The number of ether oxygens (including phenoxy) is 1. The first-order valence-corrected chi connectivity index (χ1v) is 8.94. The molecular formula is C19H23N3O4. The van der Waals surface area contributed by atoms with Crippen LogP contribution in [0.5, 0.6) is 11.5 Å². The molecule has 0 amide bonds. The number of aromatic hydroxyl groups is 1. The van der Waals surface area contributed by atoms with Crippen LogP contribution in [0.3, 0.4) is 0 Å². The van der Waals surface area contributed by atoms with Gasteiger partial charge in [-0.1, -0.05) is 0 Å². The Kier molecular flexibility index (Phi) is 4.32. The number of hydrogen-bond acceptors (Lipinski definition) is 7. The van der Waals surface area contributed by atoms with Crippen LogP contribution in [0, 0.1) is 0 Å². The van der Waals surface area contributed by atoms with Crippen LogP contribution < -0.4 is 10.4 Å². The molecule has 3 heterocycles. The Morgan fingerprint density at radius 3 is 2.77 bits per heavy atom. The predicted molar refractivity (Wildman–Crippen MR) is 99.1 cm³/mol. The van der Waals surface area contributed by atoms with Crippen LogP contribution in [0.25, 0.3) is 11.0 Å². The molecule has 0 radical (unpaired) electrons. The molecule has 0 aliphatic carbocycles. The fourth-order valence-electron chi connectivity index (χ4n) is 3.75. The quantitative estimate of drug-likeness (QED) is 0.668. The minimum atomic E-state index is -0.348. The molecule has 7 nitrogen and oxygen atoms in total. The summed E-state index contributed by atoms with van der Waals surface area (Å²) >= 11 is 0. The second kappa shape index (κ2) is 6.64. The first-order chi connectivity index (χ1) is 12.6. The van der Waals surface area contributed by atoms with Gasteiger partial charge in [-0.15, -0.1) is 0 Å². The van der Waals surface area contributed by atoms with Crippen molar-refractivity contribution in [3.63, 3.8) is 0 Å². The average Bonchev–Trinajstić information content (AvgIpc) is 3.15. The molecule has 4 rings (SSSR count). The lowest BCUT2D eigenvalue weighted by Crippen LogP contribution is -2.31. The fraction of sp³-hybridized carbons (Fsp3) is 0.474. The topological polar surface area (TPSA) is 78.5 Å². The zero-order chi connectivity index (χ0) is 18.3. The minimum Gasteiger partial charge on any atom is -0.504 e. The molecule has 2 aliphatic rings. The number of phenols is 1. The Balaban J connectivity index is 1.93. The molecule has 2 aromatic rings. The number of hydrazone groups is 1. The van der Waals surface area contributed by atoms with Crippen molar-refractivity contribution in [1.82, 2.24) is 9.91 Å². The zero-order valence-electron chi connectivity index (χ0n) is 15.1. The van der Waals surface area contributed by atoms with E-state index in [0.29, 0.717) is 29.0 Å². The largest absolute Gasteiger partial charge is 0.504 e. The fourth-order valence-corrected chi connectivity index (χ4v) is 3.75. The van der Waals surface area contributed by atoms with E-state index in [4.69, 9.17) is 9.15 Å². The number of nitrogens with zero attached hydrogens (tertiary/aromatic N) is 3. The van der Waals surface area contributed by atoms with Crippen molar-refractivity contribution in [2.45, 2.75) is 25.8 Å². The summed E-state index contributed by atoms with van der Waals surface area (Å²) in [6.07, 6.45) is 4.55. The number of benzene rings is 1. The predicted octanol–water partition coefficient (Wildman–Crippen LogP) is 1.92. The van der Waals surface area contributed by atoms with Gasteiger partial charge in [0.25, 0.3) is 0 Å². The van der Waals surface area contributed by atoms with Crippen molar-refractivity contribution >= 4 is 17.2 Å².